The fourth-order valence-electron chi connectivity index (χ4n) is 1.21. The molecule has 1 rings (SSSR count). The van der Waals surface area contributed by atoms with Gasteiger partial charge < -0.3 is 14.9 Å². The van der Waals surface area contributed by atoms with Gasteiger partial charge in [-0.2, -0.15) is 0 Å². The number of esters is 1. The van der Waals surface area contributed by atoms with E-state index in [2.05, 4.69) is 0 Å². The summed E-state index contributed by atoms with van der Waals surface area (Å²) in [4.78, 5) is 11.0. The number of ether oxygens (including phenoxy) is 1. The maximum Gasteiger partial charge on any atom is 0.331 e. The van der Waals surface area contributed by atoms with Crippen LogP contribution in [0.25, 0.3) is 0 Å². The van der Waals surface area contributed by atoms with Gasteiger partial charge in [0.15, 0.2) is 0 Å². The van der Waals surface area contributed by atoms with Crippen molar-refractivity contribution in [2.24, 2.45) is 0 Å². The Morgan fingerprint density at radius 1 is 1.43 bits per heavy atom. The number of carbonyl (C=O) groups excluding carboxylic acids is 1. The van der Waals surface area contributed by atoms with Gasteiger partial charge in [0.1, 0.15) is 6.10 Å². The standard InChI is InChI=1S/C10H14O4/c1-7-6-9(12)8(11)4-2-3-5-10(13)14-7/h2-5,7-9,11-12H,6H2,1H3/b4-2+,5-3-/t7-,8+,9-/m0/s1. The molecule has 3 atom stereocenters. The fourth-order valence-corrected chi connectivity index (χ4v) is 1.21. The van der Waals surface area contributed by atoms with E-state index >= 15 is 0 Å². The zero-order valence-electron chi connectivity index (χ0n) is 7.96. The van der Waals surface area contributed by atoms with Crippen LogP contribution in [0.2, 0.25) is 0 Å². The Hall–Kier alpha value is -1.13. The molecule has 0 aromatic carbocycles. The summed E-state index contributed by atoms with van der Waals surface area (Å²) in [6.45, 7) is 1.67. The van der Waals surface area contributed by atoms with Crippen molar-refractivity contribution in [3.8, 4) is 0 Å². The van der Waals surface area contributed by atoms with Crippen molar-refractivity contribution in [3.63, 3.8) is 0 Å². The Balaban J connectivity index is 2.73. The molecule has 0 aliphatic carbocycles. The van der Waals surface area contributed by atoms with Gasteiger partial charge in [0.2, 0.25) is 0 Å². The molecule has 4 nitrogen and oxygen atoms in total. The molecule has 1 aliphatic rings. The van der Waals surface area contributed by atoms with Gasteiger partial charge in [-0.3, -0.25) is 0 Å². The first-order valence-electron chi connectivity index (χ1n) is 4.51. The van der Waals surface area contributed by atoms with Crippen LogP contribution in [0.15, 0.2) is 24.3 Å². The largest absolute Gasteiger partial charge is 0.459 e. The Labute approximate surface area is 82.5 Å². The van der Waals surface area contributed by atoms with Crippen LogP contribution >= 0.6 is 0 Å². The first kappa shape index (κ1) is 10.9. The van der Waals surface area contributed by atoms with Crippen LogP contribution in [-0.4, -0.2) is 34.5 Å². The number of hydrogen-bond donors (Lipinski definition) is 2. The maximum atomic E-state index is 11.0. The van der Waals surface area contributed by atoms with Crippen LogP contribution in [0, 0.1) is 0 Å². The summed E-state index contributed by atoms with van der Waals surface area (Å²) in [5.74, 6) is -0.439. The number of aliphatic hydroxyl groups is 2. The summed E-state index contributed by atoms with van der Waals surface area (Å²) in [5, 5.41) is 18.8. The number of hydrogen-bond acceptors (Lipinski definition) is 4. The molecule has 14 heavy (non-hydrogen) atoms. The first-order valence-corrected chi connectivity index (χ1v) is 4.51. The van der Waals surface area contributed by atoms with E-state index in [1.807, 2.05) is 0 Å². The summed E-state index contributed by atoms with van der Waals surface area (Å²) in [6.07, 6.45) is 3.69. The van der Waals surface area contributed by atoms with Gasteiger partial charge in [-0.1, -0.05) is 18.2 Å². The van der Waals surface area contributed by atoms with Gasteiger partial charge in [0.05, 0.1) is 12.2 Å². The van der Waals surface area contributed by atoms with E-state index in [-0.39, 0.29) is 6.42 Å². The SMILES string of the molecule is C[C@H]1C[C@H](O)[C@H](O)/C=C/C=C\C(=O)O1. The molecule has 2 N–H and O–H groups in total. The van der Waals surface area contributed by atoms with E-state index in [1.54, 1.807) is 6.92 Å². The lowest BCUT2D eigenvalue weighted by Gasteiger charge is -2.19. The van der Waals surface area contributed by atoms with Crippen molar-refractivity contribution in [1.29, 1.82) is 0 Å². The fraction of sp³-hybridized carbons (Fsp3) is 0.500. The van der Waals surface area contributed by atoms with Crippen molar-refractivity contribution in [2.75, 3.05) is 0 Å². The van der Waals surface area contributed by atoms with Gasteiger partial charge in [0, 0.05) is 12.5 Å². The van der Waals surface area contributed by atoms with Crippen LogP contribution < -0.4 is 0 Å². The molecule has 0 aromatic rings. The Kier molecular flexibility index (Phi) is 3.85. The third-order valence-electron chi connectivity index (χ3n) is 1.94. The molecule has 1 heterocycles. The molecule has 1 aliphatic heterocycles. The van der Waals surface area contributed by atoms with Crippen molar-refractivity contribution in [3.05, 3.63) is 24.3 Å². The molecule has 0 saturated heterocycles. The van der Waals surface area contributed by atoms with Crippen molar-refractivity contribution in [1.82, 2.24) is 0 Å². The Morgan fingerprint density at radius 2 is 2.14 bits per heavy atom. The van der Waals surface area contributed by atoms with E-state index in [9.17, 15) is 15.0 Å². The first-order chi connectivity index (χ1) is 6.59. The van der Waals surface area contributed by atoms with Crippen LogP contribution in [0.1, 0.15) is 13.3 Å². The lowest BCUT2D eigenvalue weighted by Crippen LogP contribution is -2.29. The van der Waals surface area contributed by atoms with Crippen molar-refractivity contribution in [2.45, 2.75) is 31.7 Å². The summed E-state index contributed by atoms with van der Waals surface area (Å²) >= 11 is 0. The molecule has 4 heteroatoms. The van der Waals surface area contributed by atoms with Crippen molar-refractivity contribution < 1.29 is 19.7 Å². The van der Waals surface area contributed by atoms with Crippen LogP contribution in [0.4, 0.5) is 0 Å². The zero-order valence-corrected chi connectivity index (χ0v) is 7.96. The van der Waals surface area contributed by atoms with Gasteiger partial charge in [-0.15, -0.1) is 0 Å². The molecule has 0 aromatic heterocycles. The highest BCUT2D eigenvalue weighted by Gasteiger charge is 2.19. The molecule has 0 saturated carbocycles. The molecule has 0 radical (unpaired) electrons. The Bertz CT molecular complexity index is 257. The number of allylic oxidation sites excluding steroid dienone is 2. The van der Waals surface area contributed by atoms with Gasteiger partial charge in [-0.05, 0) is 6.92 Å². The summed E-state index contributed by atoms with van der Waals surface area (Å²) in [6, 6.07) is 0. The highest BCUT2D eigenvalue weighted by molar-refractivity contribution is 5.82. The van der Waals surface area contributed by atoms with Gasteiger partial charge in [0.25, 0.3) is 0 Å². The van der Waals surface area contributed by atoms with Gasteiger partial charge >= 0.3 is 5.97 Å². The van der Waals surface area contributed by atoms with Crippen LogP contribution in [0.3, 0.4) is 0 Å². The lowest BCUT2D eigenvalue weighted by atomic mass is 10.1. The second kappa shape index (κ2) is 4.93. The predicted octanol–water partition coefficient (Wildman–Crippen LogP) is 0.156. The quantitative estimate of drug-likeness (QED) is 0.544. The minimum Gasteiger partial charge on any atom is -0.459 e. The number of rotatable bonds is 0. The monoisotopic (exact) mass is 198 g/mol. The second-order valence-corrected chi connectivity index (χ2v) is 3.29. The number of aliphatic hydroxyl groups excluding tert-OH is 2. The summed E-state index contributed by atoms with van der Waals surface area (Å²) in [7, 11) is 0. The highest BCUT2D eigenvalue weighted by Crippen LogP contribution is 2.09. The van der Waals surface area contributed by atoms with Gasteiger partial charge in [-0.25, -0.2) is 4.79 Å². The minimum absolute atomic E-state index is 0.227. The van der Waals surface area contributed by atoms with E-state index in [1.165, 1.54) is 24.3 Å². The lowest BCUT2D eigenvalue weighted by molar-refractivity contribution is -0.144. The predicted molar refractivity (Wildman–Crippen MR) is 50.5 cm³/mol. The molecule has 0 fully saturated rings. The van der Waals surface area contributed by atoms with E-state index in [4.69, 9.17) is 4.74 Å². The van der Waals surface area contributed by atoms with Crippen molar-refractivity contribution >= 4 is 5.97 Å². The van der Waals surface area contributed by atoms with E-state index in [0.717, 1.165) is 0 Å². The summed E-state index contributed by atoms with van der Waals surface area (Å²) in [5.41, 5.74) is 0. The average Bonchev–Trinajstić information content (AvgIpc) is 2.10. The van der Waals surface area contributed by atoms with Crippen LogP contribution in [-0.2, 0) is 9.53 Å². The smallest absolute Gasteiger partial charge is 0.331 e. The second-order valence-electron chi connectivity index (χ2n) is 3.29. The third-order valence-corrected chi connectivity index (χ3v) is 1.94. The average molecular weight is 198 g/mol. The third kappa shape index (κ3) is 3.32. The topological polar surface area (TPSA) is 66.8 Å². The maximum absolute atomic E-state index is 11.0. The molecular weight excluding hydrogens is 184 g/mol. The molecular formula is C10H14O4. The normalized spacial score (nSPS) is 38.5. The van der Waals surface area contributed by atoms with Crippen LogP contribution in [0.5, 0.6) is 0 Å². The number of cyclic esters (lactones) is 1. The molecule has 0 unspecified atom stereocenters. The summed E-state index contributed by atoms with van der Waals surface area (Å²) < 4.78 is 4.91. The van der Waals surface area contributed by atoms with E-state index < -0.39 is 24.3 Å². The molecule has 0 spiro atoms. The highest BCUT2D eigenvalue weighted by atomic mass is 16.5. The molecule has 0 amide bonds. The number of carbonyl (C=O) groups is 1. The van der Waals surface area contributed by atoms with E-state index in [0.29, 0.717) is 0 Å². The molecule has 0 bridgehead atoms. The Morgan fingerprint density at radius 3 is 2.86 bits per heavy atom. The minimum atomic E-state index is -0.918. The molecule has 78 valence electrons. The zero-order chi connectivity index (χ0) is 10.6.